The third-order valence-electron chi connectivity index (χ3n) is 3.54. The van der Waals surface area contributed by atoms with E-state index < -0.39 is 0 Å². The molecule has 5 heteroatoms. The molecule has 3 aromatic rings. The van der Waals surface area contributed by atoms with Gasteiger partial charge in [0.2, 0.25) is 0 Å². The Kier molecular flexibility index (Phi) is 4.05. The summed E-state index contributed by atoms with van der Waals surface area (Å²) in [4.78, 5) is 12.0. The molecule has 0 aliphatic rings. The van der Waals surface area contributed by atoms with Gasteiger partial charge in [-0.3, -0.25) is 4.57 Å². The first kappa shape index (κ1) is 14.1. The van der Waals surface area contributed by atoms with E-state index in [9.17, 15) is 4.79 Å². The highest BCUT2D eigenvalue weighted by molar-refractivity contribution is 5.29. The van der Waals surface area contributed by atoms with Crippen LogP contribution in [0.1, 0.15) is 17.0 Å². The van der Waals surface area contributed by atoms with E-state index >= 15 is 0 Å². The lowest BCUT2D eigenvalue weighted by Crippen LogP contribution is -2.19. The van der Waals surface area contributed by atoms with Crippen LogP contribution in [-0.4, -0.2) is 21.9 Å². The molecule has 0 bridgehead atoms. The lowest BCUT2D eigenvalue weighted by Gasteiger charge is -2.07. The number of aromatic amines is 1. The first-order valence-corrected chi connectivity index (χ1v) is 7.07. The van der Waals surface area contributed by atoms with E-state index in [4.69, 9.17) is 4.74 Å². The number of methoxy groups -OCH3 is 1. The Labute approximate surface area is 128 Å². The summed E-state index contributed by atoms with van der Waals surface area (Å²) in [5, 5.41) is 6.68. The maximum atomic E-state index is 12.0. The summed E-state index contributed by atoms with van der Waals surface area (Å²) in [5.74, 6) is 1.53. The number of benzene rings is 2. The number of H-pyrrole nitrogens is 1. The van der Waals surface area contributed by atoms with Gasteiger partial charge in [0.15, 0.2) is 0 Å². The topological polar surface area (TPSA) is 59.9 Å². The predicted octanol–water partition coefficient (Wildman–Crippen LogP) is 2.22. The molecule has 0 radical (unpaired) electrons. The van der Waals surface area contributed by atoms with Crippen LogP contribution in [0.4, 0.5) is 0 Å². The number of hydrogen-bond acceptors (Lipinski definition) is 3. The molecule has 0 atom stereocenters. The van der Waals surface area contributed by atoms with Gasteiger partial charge in [0, 0.05) is 6.42 Å². The number of hydrogen-bond donors (Lipinski definition) is 1. The zero-order chi connectivity index (χ0) is 15.4. The van der Waals surface area contributed by atoms with Crippen LogP contribution < -0.4 is 10.4 Å². The van der Waals surface area contributed by atoms with Crippen LogP contribution in [0, 0.1) is 0 Å². The minimum absolute atomic E-state index is 0.188. The van der Waals surface area contributed by atoms with Crippen LogP contribution in [-0.2, 0) is 13.0 Å². The second kappa shape index (κ2) is 6.30. The molecule has 0 unspecified atom stereocenters. The van der Waals surface area contributed by atoms with E-state index in [2.05, 4.69) is 10.2 Å². The zero-order valence-electron chi connectivity index (χ0n) is 12.3. The second-order valence-electron chi connectivity index (χ2n) is 5.04. The normalized spacial score (nSPS) is 10.6. The van der Waals surface area contributed by atoms with E-state index in [1.807, 2.05) is 54.6 Å². The van der Waals surface area contributed by atoms with Crippen LogP contribution >= 0.6 is 0 Å². The van der Waals surface area contributed by atoms with Gasteiger partial charge < -0.3 is 4.74 Å². The fraction of sp³-hybridized carbons (Fsp3) is 0.176. The number of ether oxygens (including phenoxy) is 1. The monoisotopic (exact) mass is 295 g/mol. The van der Waals surface area contributed by atoms with Crippen molar-refractivity contribution in [2.24, 2.45) is 0 Å². The van der Waals surface area contributed by atoms with E-state index in [0.29, 0.717) is 13.0 Å². The molecule has 1 N–H and O–H groups in total. The molecule has 0 saturated heterocycles. The van der Waals surface area contributed by atoms with Crippen LogP contribution in [0.2, 0.25) is 0 Å². The van der Waals surface area contributed by atoms with Crippen LogP contribution in [0.15, 0.2) is 59.4 Å². The van der Waals surface area contributed by atoms with Gasteiger partial charge in [0.1, 0.15) is 11.6 Å². The number of aromatic nitrogens is 3. The van der Waals surface area contributed by atoms with Gasteiger partial charge in [0.05, 0.1) is 13.7 Å². The highest BCUT2D eigenvalue weighted by atomic mass is 16.5. The summed E-state index contributed by atoms with van der Waals surface area (Å²) in [6.07, 6.45) is 0.593. The maximum absolute atomic E-state index is 12.0. The number of nitrogens with zero attached hydrogens (tertiary/aromatic N) is 2. The molecule has 1 heterocycles. The van der Waals surface area contributed by atoms with Gasteiger partial charge in [-0.2, -0.15) is 5.10 Å². The predicted molar refractivity (Wildman–Crippen MR) is 84.2 cm³/mol. The third kappa shape index (κ3) is 3.09. The van der Waals surface area contributed by atoms with Crippen molar-refractivity contribution < 1.29 is 4.74 Å². The SMILES string of the molecule is COc1ccc(Cc2n[nH]c(=O)n2Cc2ccccc2)cc1. The van der Waals surface area contributed by atoms with Gasteiger partial charge in [-0.15, -0.1) is 0 Å². The highest BCUT2D eigenvalue weighted by Crippen LogP contribution is 2.14. The Hall–Kier alpha value is -2.82. The summed E-state index contributed by atoms with van der Waals surface area (Å²) >= 11 is 0. The summed E-state index contributed by atoms with van der Waals surface area (Å²) in [6.45, 7) is 0.516. The van der Waals surface area contributed by atoms with Crippen molar-refractivity contribution in [3.63, 3.8) is 0 Å². The van der Waals surface area contributed by atoms with Crippen molar-refractivity contribution in [3.05, 3.63) is 82.0 Å². The van der Waals surface area contributed by atoms with Crippen molar-refractivity contribution in [1.29, 1.82) is 0 Å². The maximum Gasteiger partial charge on any atom is 0.343 e. The van der Waals surface area contributed by atoms with Crippen LogP contribution in [0.5, 0.6) is 5.75 Å². The van der Waals surface area contributed by atoms with Crippen molar-refractivity contribution in [2.45, 2.75) is 13.0 Å². The Morgan fingerprint density at radius 1 is 1.05 bits per heavy atom. The Morgan fingerprint density at radius 2 is 1.77 bits per heavy atom. The summed E-state index contributed by atoms with van der Waals surface area (Å²) < 4.78 is 6.82. The molecule has 22 heavy (non-hydrogen) atoms. The Bertz CT molecular complexity index is 789. The van der Waals surface area contributed by atoms with Crippen LogP contribution in [0.3, 0.4) is 0 Å². The van der Waals surface area contributed by atoms with Crippen molar-refractivity contribution in [1.82, 2.24) is 14.8 Å². The van der Waals surface area contributed by atoms with Gasteiger partial charge in [-0.05, 0) is 23.3 Å². The molecule has 1 aromatic heterocycles. The van der Waals surface area contributed by atoms with Gasteiger partial charge in [0.25, 0.3) is 0 Å². The standard InChI is InChI=1S/C17H17N3O2/c1-22-15-9-7-13(8-10-15)11-16-18-19-17(21)20(16)12-14-5-3-2-4-6-14/h2-10H,11-12H2,1H3,(H,19,21). The van der Waals surface area contributed by atoms with Crippen molar-refractivity contribution >= 4 is 0 Å². The summed E-state index contributed by atoms with van der Waals surface area (Å²) in [7, 11) is 1.64. The molecule has 0 fully saturated rings. The summed E-state index contributed by atoms with van der Waals surface area (Å²) in [6, 6.07) is 17.6. The third-order valence-corrected chi connectivity index (χ3v) is 3.54. The highest BCUT2D eigenvalue weighted by Gasteiger charge is 2.09. The van der Waals surface area contributed by atoms with Gasteiger partial charge in [-0.1, -0.05) is 42.5 Å². The first-order chi connectivity index (χ1) is 10.8. The molecule has 0 aliphatic heterocycles. The average molecular weight is 295 g/mol. The quantitative estimate of drug-likeness (QED) is 0.785. The van der Waals surface area contributed by atoms with Crippen molar-refractivity contribution in [3.8, 4) is 5.75 Å². The zero-order valence-corrected chi connectivity index (χ0v) is 12.3. The summed E-state index contributed by atoms with van der Waals surface area (Å²) in [5.41, 5.74) is 1.96. The minimum Gasteiger partial charge on any atom is -0.497 e. The van der Waals surface area contributed by atoms with E-state index in [1.54, 1.807) is 11.7 Å². The molecular formula is C17H17N3O2. The molecule has 112 valence electrons. The minimum atomic E-state index is -0.188. The molecule has 0 spiro atoms. The second-order valence-corrected chi connectivity index (χ2v) is 5.04. The Morgan fingerprint density at radius 3 is 2.45 bits per heavy atom. The van der Waals surface area contributed by atoms with Crippen LogP contribution in [0.25, 0.3) is 0 Å². The molecule has 0 aliphatic carbocycles. The fourth-order valence-electron chi connectivity index (χ4n) is 2.34. The molecular weight excluding hydrogens is 278 g/mol. The fourth-order valence-corrected chi connectivity index (χ4v) is 2.34. The van der Waals surface area contributed by atoms with Gasteiger partial charge in [-0.25, -0.2) is 9.89 Å². The molecule has 5 nitrogen and oxygen atoms in total. The molecule has 2 aromatic carbocycles. The van der Waals surface area contributed by atoms with E-state index in [1.165, 1.54) is 0 Å². The van der Waals surface area contributed by atoms with Gasteiger partial charge >= 0.3 is 5.69 Å². The Balaban J connectivity index is 1.83. The molecule has 0 saturated carbocycles. The largest absolute Gasteiger partial charge is 0.497 e. The first-order valence-electron chi connectivity index (χ1n) is 7.07. The number of rotatable bonds is 5. The smallest absolute Gasteiger partial charge is 0.343 e. The molecule has 3 rings (SSSR count). The molecule has 0 amide bonds. The lowest BCUT2D eigenvalue weighted by molar-refractivity contribution is 0.414. The van der Waals surface area contributed by atoms with E-state index in [-0.39, 0.29) is 5.69 Å². The lowest BCUT2D eigenvalue weighted by atomic mass is 10.1. The average Bonchev–Trinajstić information content (AvgIpc) is 2.90. The van der Waals surface area contributed by atoms with Crippen molar-refractivity contribution in [2.75, 3.05) is 7.11 Å². The van der Waals surface area contributed by atoms with E-state index in [0.717, 1.165) is 22.7 Å². The number of nitrogens with one attached hydrogen (secondary N) is 1.